The Morgan fingerprint density at radius 3 is 2.58 bits per heavy atom. The fourth-order valence-corrected chi connectivity index (χ4v) is 2.24. The van der Waals surface area contributed by atoms with Crippen molar-refractivity contribution in [2.45, 2.75) is 45.2 Å². The quantitative estimate of drug-likeness (QED) is 0.635. The van der Waals surface area contributed by atoms with Crippen LogP contribution in [-0.2, 0) is 6.18 Å². The minimum Gasteiger partial charge on any atom is -0.166 e. The Morgan fingerprint density at radius 1 is 1.32 bits per heavy atom. The highest BCUT2D eigenvalue weighted by Gasteiger charge is 2.31. The summed E-state index contributed by atoms with van der Waals surface area (Å²) in [7, 11) is 0. The van der Waals surface area contributed by atoms with Gasteiger partial charge in [0.05, 0.1) is 5.56 Å². The number of alkyl halides is 3. The molecule has 1 fully saturated rings. The predicted molar refractivity (Wildman–Crippen MR) is 71.1 cm³/mol. The molecule has 0 bridgehead atoms. The summed E-state index contributed by atoms with van der Waals surface area (Å²) in [6.45, 7) is 3.86. The second kappa shape index (κ2) is 5.40. The van der Waals surface area contributed by atoms with Gasteiger partial charge in [0.25, 0.3) is 0 Å². The maximum absolute atomic E-state index is 12.7. The van der Waals surface area contributed by atoms with Crippen molar-refractivity contribution in [2.24, 2.45) is 5.92 Å². The van der Waals surface area contributed by atoms with Crippen LogP contribution < -0.4 is 0 Å². The van der Waals surface area contributed by atoms with Gasteiger partial charge in [-0.3, -0.25) is 0 Å². The van der Waals surface area contributed by atoms with Crippen LogP contribution in [0.4, 0.5) is 13.2 Å². The lowest BCUT2D eigenvalue weighted by molar-refractivity contribution is -0.137. The summed E-state index contributed by atoms with van der Waals surface area (Å²) >= 11 is 0. The Balaban J connectivity index is 2.12. The number of allylic oxidation sites excluding steroid dienone is 2. The van der Waals surface area contributed by atoms with Gasteiger partial charge in [0.1, 0.15) is 0 Å². The maximum atomic E-state index is 12.7. The van der Waals surface area contributed by atoms with E-state index < -0.39 is 11.7 Å². The molecule has 2 rings (SSSR count). The molecule has 1 aromatic carbocycles. The molecule has 0 saturated heterocycles. The van der Waals surface area contributed by atoms with Crippen LogP contribution in [0.5, 0.6) is 0 Å². The van der Waals surface area contributed by atoms with Gasteiger partial charge >= 0.3 is 6.18 Å². The maximum Gasteiger partial charge on any atom is 0.416 e. The van der Waals surface area contributed by atoms with Gasteiger partial charge in [0.2, 0.25) is 0 Å². The van der Waals surface area contributed by atoms with Crippen LogP contribution in [0.2, 0.25) is 0 Å². The zero-order chi connectivity index (χ0) is 14.0. The fraction of sp³-hybridized carbons (Fsp3) is 0.500. The Kier molecular flexibility index (Phi) is 4.02. The van der Waals surface area contributed by atoms with Crippen LogP contribution in [0.1, 0.15) is 48.8 Å². The first-order valence-corrected chi connectivity index (χ1v) is 6.72. The largest absolute Gasteiger partial charge is 0.416 e. The monoisotopic (exact) mass is 268 g/mol. The van der Waals surface area contributed by atoms with Crippen LogP contribution in [0.3, 0.4) is 0 Å². The van der Waals surface area contributed by atoms with Crippen molar-refractivity contribution in [3.63, 3.8) is 0 Å². The Bertz CT molecular complexity index is 467. The fourth-order valence-electron chi connectivity index (χ4n) is 2.24. The van der Waals surface area contributed by atoms with E-state index in [2.05, 4.69) is 12.2 Å². The minimum absolute atomic E-state index is 0.122. The molecule has 0 heterocycles. The molecule has 104 valence electrons. The Labute approximate surface area is 112 Å². The second-order valence-electron chi connectivity index (χ2n) is 5.47. The molecule has 0 N–H and O–H groups in total. The molecule has 0 radical (unpaired) electrons. The lowest BCUT2D eigenvalue weighted by Crippen LogP contribution is -2.07. The zero-order valence-electron chi connectivity index (χ0n) is 11.3. The van der Waals surface area contributed by atoms with Crippen LogP contribution >= 0.6 is 0 Å². The number of rotatable bonds is 4. The van der Waals surface area contributed by atoms with Crippen molar-refractivity contribution in [1.29, 1.82) is 0 Å². The summed E-state index contributed by atoms with van der Waals surface area (Å²) in [6, 6.07) is 4.02. The SMILES string of the molecule is Cc1ccc(C(F)(F)F)cc1C(C)CC=CC1CC1. The number of halogens is 3. The van der Waals surface area contributed by atoms with E-state index in [0.29, 0.717) is 0 Å². The molecule has 1 atom stereocenters. The van der Waals surface area contributed by atoms with E-state index in [1.54, 1.807) is 6.07 Å². The molecule has 0 nitrogen and oxygen atoms in total. The average molecular weight is 268 g/mol. The van der Waals surface area contributed by atoms with Crippen LogP contribution in [0.25, 0.3) is 0 Å². The summed E-state index contributed by atoms with van der Waals surface area (Å²) in [5, 5.41) is 0. The van der Waals surface area contributed by atoms with E-state index in [1.807, 2.05) is 13.8 Å². The minimum atomic E-state index is -4.26. The standard InChI is InChI=1S/C16H19F3/c1-11(4-3-5-13-7-8-13)15-10-14(16(17,18)19)9-6-12(15)2/h3,5-6,9-11,13H,4,7-8H2,1-2H3. The third-order valence-corrected chi connectivity index (χ3v) is 3.66. The molecule has 1 aliphatic carbocycles. The highest BCUT2D eigenvalue weighted by atomic mass is 19.4. The Hall–Kier alpha value is -1.25. The van der Waals surface area contributed by atoms with Gasteiger partial charge in [0.15, 0.2) is 0 Å². The lowest BCUT2D eigenvalue weighted by atomic mass is 9.91. The second-order valence-corrected chi connectivity index (χ2v) is 5.47. The van der Waals surface area contributed by atoms with Crippen LogP contribution in [-0.4, -0.2) is 0 Å². The Morgan fingerprint density at radius 2 is 2.00 bits per heavy atom. The molecule has 0 aliphatic heterocycles. The van der Waals surface area contributed by atoms with E-state index in [1.165, 1.54) is 18.9 Å². The summed E-state index contributed by atoms with van der Waals surface area (Å²) in [4.78, 5) is 0. The first-order valence-electron chi connectivity index (χ1n) is 6.72. The molecule has 0 amide bonds. The summed E-state index contributed by atoms with van der Waals surface area (Å²) < 4.78 is 38.1. The topological polar surface area (TPSA) is 0 Å². The highest BCUT2D eigenvalue weighted by molar-refractivity contribution is 5.35. The summed E-state index contributed by atoms with van der Waals surface area (Å²) in [5.74, 6) is 0.840. The number of aryl methyl sites for hydroxylation is 1. The lowest BCUT2D eigenvalue weighted by Gasteiger charge is -2.16. The first kappa shape index (κ1) is 14.2. The number of hydrogen-bond donors (Lipinski definition) is 0. The normalized spacial score (nSPS) is 17.9. The third-order valence-electron chi connectivity index (χ3n) is 3.66. The molecule has 1 aromatic rings. The van der Waals surface area contributed by atoms with Crippen molar-refractivity contribution in [3.05, 3.63) is 47.0 Å². The van der Waals surface area contributed by atoms with Crippen molar-refractivity contribution in [3.8, 4) is 0 Å². The number of hydrogen-bond acceptors (Lipinski definition) is 0. The van der Waals surface area contributed by atoms with E-state index in [-0.39, 0.29) is 5.92 Å². The van der Waals surface area contributed by atoms with Gasteiger partial charge < -0.3 is 0 Å². The van der Waals surface area contributed by atoms with Crippen molar-refractivity contribution in [2.75, 3.05) is 0 Å². The van der Waals surface area contributed by atoms with Crippen molar-refractivity contribution < 1.29 is 13.2 Å². The highest BCUT2D eigenvalue weighted by Crippen LogP contribution is 2.34. The molecule has 19 heavy (non-hydrogen) atoms. The zero-order valence-corrected chi connectivity index (χ0v) is 11.3. The molecule has 1 saturated carbocycles. The smallest absolute Gasteiger partial charge is 0.166 e. The van der Waals surface area contributed by atoms with Crippen molar-refractivity contribution in [1.82, 2.24) is 0 Å². The molecular formula is C16H19F3. The van der Waals surface area contributed by atoms with Gasteiger partial charge in [-0.2, -0.15) is 13.2 Å². The van der Waals surface area contributed by atoms with E-state index >= 15 is 0 Å². The van der Waals surface area contributed by atoms with Gasteiger partial charge in [-0.15, -0.1) is 0 Å². The van der Waals surface area contributed by atoms with Gasteiger partial charge in [-0.05, 0) is 61.3 Å². The summed E-state index contributed by atoms with van der Waals surface area (Å²) in [5.41, 5.74) is 1.18. The number of benzene rings is 1. The molecule has 1 aliphatic rings. The molecule has 0 aromatic heterocycles. The van der Waals surface area contributed by atoms with Crippen molar-refractivity contribution >= 4 is 0 Å². The van der Waals surface area contributed by atoms with Crippen LogP contribution in [0.15, 0.2) is 30.4 Å². The predicted octanol–water partition coefficient (Wildman–Crippen LogP) is 5.47. The van der Waals surface area contributed by atoms with Gasteiger partial charge in [-0.1, -0.05) is 25.1 Å². The van der Waals surface area contributed by atoms with Crippen LogP contribution in [0, 0.1) is 12.8 Å². The molecule has 3 heteroatoms. The van der Waals surface area contributed by atoms with E-state index in [9.17, 15) is 13.2 Å². The van der Waals surface area contributed by atoms with E-state index in [4.69, 9.17) is 0 Å². The third kappa shape index (κ3) is 3.85. The average Bonchev–Trinajstić information content (AvgIpc) is 3.12. The van der Waals surface area contributed by atoms with E-state index in [0.717, 1.165) is 29.5 Å². The van der Waals surface area contributed by atoms with Gasteiger partial charge in [0, 0.05) is 0 Å². The summed E-state index contributed by atoms with van der Waals surface area (Å²) in [6.07, 6.45) is 3.37. The molecular weight excluding hydrogens is 249 g/mol. The molecule has 1 unspecified atom stereocenters. The van der Waals surface area contributed by atoms with Gasteiger partial charge in [-0.25, -0.2) is 0 Å². The molecule has 0 spiro atoms. The first-order chi connectivity index (χ1) is 8.88.